The van der Waals surface area contributed by atoms with Crippen molar-refractivity contribution in [2.75, 3.05) is 26.4 Å². The molecule has 0 unspecified atom stereocenters. The van der Waals surface area contributed by atoms with Gasteiger partial charge in [0.2, 0.25) is 15.8 Å². The van der Waals surface area contributed by atoms with Crippen LogP contribution >= 0.6 is 0 Å². The first-order valence-corrected chi connectivity index (χ1v) is 7.76. The van der Waals surface area contributed by atoms with Gasteiger partial charge >= 0.3 is 0 Å². The van der Waals surface area contributed by atoms with Crippen molar-refractivity contribution in [3.8, 4) is 0 Å². The van der Waals surface area contributed by atoms with Crippen molar-refractivity contribution in [2.45, 2.75) is 26.2 Å². The van der Waals surface area contributed by atoms with Gasteiger partial charge in [-0.1, -0.05) is 20.8 Å². The molecule has 1 aromatic heterocycles. The first-order valence-electron chi connectivity index (χ1n) is 6.15. The largest absolute Gasteiger partial charge is 0.348 e. The van der Waals surface area contributed by atoms with Gasteiger partial charge in [-0.15, -0.1) is 5.10 Å². The molecule has 8 nitrogen and oxygen atoms in total. The van der Waals surface area contributed by atoms with Crippen LogP contribution in [0.1, 0.15) is 37.2 Å². The summed E-state index contributed by atoms with van der Waals surface area (Å²) in [6.45, 7) is 5.84. The van der Waals surface area contributed by atoms with Gasteiger partial charge in [-0.3, -0.25) is 9.89 Å². The summed E-state index contributed by atoms with van der Waals surface area (Å²) in [5.41, 5.74) is -0.236. The molecule has 0 saturated heterocycles. The maximum atomic E-state index is 11.8. The third-order valence-corrected chi connectivity index (χ3v) is 4.43. The number of H-pyrrole nitrogens is 1. The van der Waals surface area contributed by atoms with E-state index in [1.807, 2.05) is 20.8 Å². The van der Waals surface area contributed by atoms with Crippen molar-refractivity contribution in [3.63, 3.8) is 0 Å². The maximum Gasteiger partial charge on any atom is 0.290 e. The number of nitrogens with zero attached hydrogens (tertiary/aromatic N) is 3. The number of hydrogen-bond acceptors (Lipinski definition) is 5. The van der Waals surface area contributed by atoms with Crippen LogP contribution in [0.25, 0.3) is 0 Å². The number of aromatic amines is 1. The molecule has 0 spiro atoms. The summed E-state index contributed by atoms with van der Waals surface area (Å²) in [6, 6.07) is 0. The van der Waals surface area contributed by atoms with E-state index >= 15 is 0 Å². The molecule has 1 rings (SSSR count). The molecule has 0 aliphatic heterocycles. The van der Waals surface area contributed by atoms with Gasteiger partial charge in [0, 0.05) is 26.1 Å². The predicted molar refractivity (Wildman–Crippen MR) is 74.9 cm³/mol. The van der Waals surface area contributed by atoms with Crippen LogP contribution < -0.4 is 5.32 Å². The fourth-order valence-electron chi connectivity index (χ4n) is 1.25. The summed E-state index contributed by atoms with van der Waals surface area (Å²) in [4.78, 5) is 15.9. The van der Waals surface area contributed by atoms with Crippen LogP contribution in [0.15, 0.2) is 0 Å². The van der Waals surface area contributed by atoms with E-state index in [-0.39, 0.29) is 23.5 Å². The normalized spacial score (nSPS) is 12.7. The monoisotopic (exact) mass is 303 g/mol. The minimum Gasteiger partial charge on any atom is -0.348 e. The van der Waals surface area contributed by atoms with Crippen LogP contribution in [-0.4, -0.2) is 60.2 Å². The summed E-state index contributed by atoms with van der Waals surface area (Å²) in [5.74, 6) is -0.0473. The Morgan fingerprint density at radius 3 is 2.40 bits per heavy atom. The van der Waals surface area contributed by atoms with E-state index in [0.717, 1.165) is 4.31 Å². The Kier molecular flexibility index (Phi) is 4.87. The molecule has 2 N–H and O–H groups in total. The molecule has 0 bridgehead atoms. The van der Waals surface area contributed by atoms with E-state index < -0.39 is 15.9 Å². The van der Waals surface area contributed by atoms with Crippen molar-refractivity contribution < 1.29 is 13.2 Å². The van der Waals surface area contributed by atoms with Gasteiger partial charge in [0.05, 0.1) is 5.75 Å². The van der Waals surface area contributed by atoms with E-state index in [0.29, 0.717) is 5.82 Å². The number of hydrogen-bond donors (Lipinski definition) is 2. The first-order chi connectivity index (χ1) is 9.04. The fraction of sp³-hybridized carbons (Fsp3) is 0.727. The molecule has 0 atom stereocenters. The molecule has 0 aliphatic carbocycles. The predicted octanol–water partition coefficient (Wildman–Crippen LogP) is -0.277. The Labute approximate surface area is 119 Å². The van der Waals surface area contributed by atoms with Crippen LogP contribution in [-0.2, 0) is 15.4 Å². The Balaban J connectivity index is 2.59. The molecule has 1 aromatic rings. The molecular formula is C11H21N5O3S. The average molecular weight is 303 g/mol. The van der Waals surface area contributed by atoms with Gasteiger partial charge in [0.1, 0.15) is 5.82 Å². The van der Waals surface area contributed by atoms with E-state index in [9.17, 15) is 13.2 Å². The maximum absolute atomic E-state index is 11.8. The van der Waals surface area contributed by atoms with Crippen LogP contribution in [0, 0.1) is 0 Å². The zero-order valence-corrected chi connectivity index (χ0v) is 13.2. The Morgan fingerprint density at radius 2 is 1.95 bits per heavy atom. The second-order valence-electron chi connectivity index (χ2n) is 5.61. The molecule has 9 heteroatoms. The van der Waals surface area contributed by atoms with Gasteiger partial charge in [-0.2, -0.15) is 0 Å². The number of carbonyl (C=O) groups excluding carboxylic acids is 1. The highest BCUT2D eigenvalue weighted by molar-refractivity contribution is 7.89. The highest BCUT2D eigenvalue weighted by Gasteiger charge is 2.21. The molecular weight excluding hydrogens is 282 g/mol. The SMILES string of the molecule is CN(C)S(=O)(=O)CCNC(=O)c1n[nH]c(C(C)(C)C)n1. The molecule has 0 aromatic carbocycles. The Hall–Kier alpha value is -1.48. The summed E-state index contributed by atoms with van der Waals surface area (Å²) in [5, 5.41) is 9.01. The highest BCUT2D eigenvalue weighted by atomic mass is 32.2. The van der Waals surface area contributed by atoms with Crippen molar-refractivity contribution in [2.24, 2.45) is 0 Å². The smallest absolute Gasteiger partial charge is 0.290 e. The van der Waals surface area contributed by atoms with Crippen LogP contribution in [0.5, 0.6) is 0 Å². The molecule has 0 aliphatic rings. The summed E-state index contributed by atoms with van der Waals surface area (Å²) in [7, 11) is -0.431. The topological polar surface area (TPSA) is 108 Å². The molecule has 0 fully saturated rings. The minimum atomic E-state index is -3.32. The van der Waals surface area contributed by atoms with E-state index in [1.165, 1.54) is 14.1 Å². The standard InChI is InChI=1S/C11H21N5O3S/c1-11(2,3)10-13-8(14-15-10)9(17)12-6-7-20(18,19)16(4)5/h6-7H2,1-5H3,(H,12,17)(H,13,14,15). The molecule has 20 heavy (non-hydrogen) atoms. The van der Waals surface area contributed by atoms with E-state index in [2.05, 4.69) is 20.5 Å². The first kappa shape index (κ1) is 16.6. The Bertz CT molecular complexity index is 571. The highest BCUT2D eigenvalue weighted by Crippen LogP contribution is 2.17. The molecule has 114 valence electrons. The van der Waals surface area contributed by atoms with Gasteiger partial charge in [-0.25, -0.2) is 17.7 Å². The molecule has 1 amide bonds. The molecule has 0 radical (unpaired) electrons. The van der Waals surface area contributed by atoms with Crippen molar-refractivity contribution in [1.82, 2.24) is 24.8 Å². The molecule has 1 heterocycles. The fourth-order valence-corrected chi connectivity index (χ4v) is 1.98. The third-order valence-electron chi connectivity index (χ3n) is 2.60. The van der Waals surface area contributed by atoms with Crippen LogP contribution in [0.3, 0.4) is 0 Å². The number of rotatable bonds is 5. The Morgan fingerprint density at radius 1 is 1.35 bits per heavy atom. The van der Waals surface area contributed by atoms with Crippen LogP contribution in [0.4, 0.5) is 0 Å². The summed E-state index contributed by atoms with van der Waals surface area (Å²) >= 11 is 0. The minimum absolute atomic E-state index is 0.0113. The lowest BCUT2D eigenvalue weighted by atomic mass is 9.96. The number of nitrogens with one attached hydrogen (secondary N) is 2. The average Bonchev–Trinajstić information content (AvgIpc) is 2.77. The lowest BCUT2D eigenvalue weighted by Crippen LogP contribution is -2.34. The lowest BCUT2D eigenvalue weighted by molar-refractivity contribution is 0.0946. The molecule has 0 saturated carbocycles. The number of carbonyl (C=O) groups is 1. The quantitative estimate of drug-likeness (QED) is 0.778. The second kappa shape index (κ2) is 5.88. The van der Waals surface area contributed by atoms with Crippen molar-refractivity contribution in [1.29, 1.82) is 0 Å². The second-order valence-corrected chi connectivity index (χ2v) is 7.91. The zero-order valence-electron chi connectivity index (χ0n) is 12.4. The van der Waals surface area contributed by atoms with Crippen molar-refractivity contribution in [3.05, 3.63) is 11.6 Å². The van der Waals surface area contributed by atoms with Gasteiger partial charge < -0.3 is 5.32 Å². The third kappa shape index (κ3) is 4.27. The van der Waals surface area contributed by atoms with Crippen LogP contribution in [0.2, 0.25) is 0 Å². The van der Waals surface area contributed by atoms with Gasteiger partial charge in [0.15, 0.2) is 0 Å². The number of sulfonamides is 1. The van der Waals surface area contributed by atoms with Gasteiger partial charge in [0.25, 0.3) is 5.91 Å². The number of aromatic nitrogens is 3. The van der Waals surface area contributed by atoms with Gasteiger partial charge in [-0.05, 0) is 0 Å². The van der Waals surface area contributed by atoms with E-state index in [4.69, 9.17) is 0 Å². The van der Waals surface area contributed by atoms with Crippen molar-refractivity contribution >= 4 is 15.9 Å². The summed E-state index contributed by atoms with van der Waals surface area (Å²) < 4.78 is 24.2. The number of amides is 1. The zero-order chi connectivity index (χ0) is 15.6. The van der Waals surface area contributed by atoms with E-state index in [1.54, 1.807) is 0 Å². The summed E-state index contributed by atoms with van der Waals surface area (Å²) in [6.07, 6.45) is 0. The lowest BCUT2D eigenvalue weighted by Gasteiger charge is -2.12.